The molecule has 0 aliphatic heterocycles. The summed E-state index contributed by atoms with van der Waals surface area (Å²) in [7, 11) is 0. The molecular formula is C14H21F3O. The molecule has 0 heterocycles. The molecule has 2 atom stereocenters. The highest BCUT2D eigenvalue weighted by Gasteiger charge is 2.61. The first kappa shape index (κ1) is 13.9. The van der Waals surface area contributed by atoms with Gasteiger partial charge >= 0.3 is 6.18 Å². The molecular weight excluding hydrogens is 241 g/mol. The van der Waals surface area contributed by atoms with Crippen molar-refractivity contribution in [1.29, 1.82) is 0 Å². The van der Waals surface area contributed by atoms with E-state index in [4.69, 9.17) is 0 Å². The third-order valence-electron chi connectivity index (χ3n) is 4.50. The van der Waals surface area contributed by atoms with E-state index < -0.39 is 23.6 Å². The molecule has 0 radical (unpaired) electrons. The molecule has 0 aromatic rings. The minimum absolute atomic E-state index is 0.447. The molecule has 0 saturated heterocycles. The first-order valence-electron chi connectivity index (χ1n) is 6.92. The lowest BCUT2D eigenvalue weighted by atomic mass is 9.67. The Kier molecular flexibility index (Phi) is 4.05. The number of aliphatic hydroxyl groups is 1. The number of hydrogen-bond acceptors (Lipinski definition) is 1. The standard InChI is InChI=1S/C14H21F3O/c15-14(16,17)13(18,11-7-3-1-4-8-11)12-9-5-2-6-10-12/h3,7,11-12,18H,1-2,4-6,8-10H2/t11-,13-/m0/s1. The predicted molar refractivity (Wildman–Crippen MR) is 64.1 cm³/mol. The topological polar surface area (TPSA) is 20.2 Å². The minimum atomic E-state index is -4.53. The molecule has 4 heteroatoms. The third kappa shape index (κ3) is 2.44. The van der Waals surface area contributed by atoms with Crippen LogP contribution in [-0.2, 0) is 0 Å². The van der Waals surface area contributed by atoms with Gasteiger partial charge in [-0.2, -0.15) is 13.2 Å². The molecule has 0 bridgehead atoms. The Morgan fingerprint density at radius 1 is 0.944 bits per heavy atom. The molecule has 0 aromatic heterocycles. The van der Waals surface area contributed by atoms with Crippen molar-refractivity contribution in [2.24, 2.45) is 11.8 Å². The van der Waals surface area contributed by atoms with Crippen LogP contribution >= 0.6 is 0 Å². The zero-order chi connectivity index (χ0) is 13.2. The average Bonchev–Trinajstić information content (AvgIpc) is 2.38. The molecule has 1 saturated carbocycles. The summed E-state index contributed by atoms with van der Waals surface area (Å²) in [5.41, 5.74) is -2.51. The van der Waals surface area contributed by atoms with Crippen molar-refractivity contribution >= 4 is 0 Å². The fourth-order valence-electron chi connectivity index (χ4n) is 3.47. The summed E-state index contributed by atoms with van der Waals surface area (Å²) in [4.78, 5) is 0. The van der Waals surface area contributed by atoms with Gasteiger partial charge in [0.1, 0.15) is 0 Å². The van der Waals surface area contributed by atoms with Crippen LogP contribution in [0.15, 0.2) is 12.2 Å². The average molecular weight is 262 g/mol. The Hall–Kier alpha value is -0.510. The van der Waals surface area contributed by atoms with Gasteiger partial charge in [-0.1, -0.05) is 31.4 Å². The number of hydrogen-bond donors (Lipinski definition) is 1. The van der Waals surface area contributed by atoms with E-state index in [2.05, 4.69) is 0 Å². The van der Waals surface area contributed by atoms with Gasteiger partial charge in [0.2, 0.25) is 0 Å². The Morgan fingerprint density at radius 2 is 1.61 bits per heavy atom. The van der Waals surface area contributed by atoms with Gasteiger partial charge in [0.15, 0.2) is 5.60 Å². The lowest BCUT2D eigenvalue weighted by molar-refractivity contribution is -0.298. The van der Waals surface area contributed by atoms with E-state index in [1.165, 1.54) is 0 Å². The van der Waals surface area contributed by atoms with Crippen LogP contribution < -0.4 is 0 Å². The molecule has 1 nitrogen and oxygen atoms in total. The maximum absolute atomic E-state index is 13.4. The maximum atomic E-state index is 13.4. The van der Waals surface area contributed by atoms with E-state index in [9.17, 15) is 18.3 Å². The highest BCUT2D eigenvalue weighted by Crippen LogP contribution is 2.49. The Bertz CT molecular complexity index is 305. The third-order valence-corrected chi connectivity index (χ3v) is 4.50. The maximum Gasteiger partial charge on any atom is 0.418 e. The molecule has 2 aliphatic rings. The van der Waals surface area contributed by atoms with Crippen LogP contribution in [0.4, 0.5) is 13.2 Å². The van der Waals surface area contributed by atoms with Crippen molar-refractivity contribution in [3.8, 4) is 0 Å². The quantitative estimate of drug-likeness (QED) is 0.739. The first-order chi connectivity index (χ1) is 8.46. The fraction of sp³-hybridized carbons (Fsp3) is 0.857. The second kappa shape index (κ2) is 5.24. The van der Waals surface area contributed by atoms with Gasteiger partial charge in [-0.15, -0.1) is 0 Å². The predicted octanol–water partition coefficient (Wildman–Crippen LogP) is 4.22. The molecule has 1 N–H and O–H groups in total. The van der Waals surface area contributed by atoms with Gasteiger partial charge in [-0.25, -0.2) is 0 Å². The summed E-state index contributed by atoms with van der Waals surface area (Å²) >= 11 is 0. The van der Waals surface area contributed by atoms with Gasteiger partial charge in [0, 0.05) is 5.92 Å². The fourth-order valence-corrected chi connectivity index (χ4v) is 3.47. The van der Waals surface area contributed by atoms with Crippen molar-refractivity contribution in [1.82, 2.24) is 0 Å². The van der Waals surface area contributed by atoms with Gasteiger partial charge in [-0.05, 0) is 38.0 Å². The normalized spacial score (nSPS) is 30.1. The van der Waals surface area contributed by atoms with Crippen molar-refractivity contribution in [3.05, 3.63) is 12.2 Å². The van der Waals surface area contributed by atoms with Crippen molar-refractivity contribution in [3.63, 3.8) is 0 Å². The first-order valence-corrected chi connectivity index (χ1v) is 6.92. The molecule has 18 heavy (non-hydrogen) atoms. The van der Waals surface area contributed by atoms with Crippen LogP contribution in [-0.4, -0.2) is 16.9 Å². The van der Waals surface area contributed by atoms with E-state index in [1.807, 2.05) is 0 Å². The summed E-state index contributed by atoms with van der Waals surface area (Å²) in [6.45, 7) is 0. The van der Waals surface area contributed by atoms with Crippen molar-refractivity contribution in [2.75, 3.05) is 0 Å². The van der Waals surface area contributed by atoms with E-state index in [0.29, 0.717) is 19.3 Å². The lowest BCUT2D eigenvalue weighted by Gasteiger charge is -2.44. The summed E-state index contributed by atoms with van der Waals surface area (Å²) < 4.78 is 40.2. The minimum Gasteiger partial charge on any atom is -0.380 e. The summed E-state index contributed by atoms with van der Waals surface area (Å²) in [5, 5.41) is 10.4. The molecule has 104 valence electrons. The van der Waals surface area contributed by atoms with Crippen LogP contribution in [0.3, 0.4) is 0 Å². The van der Waals surface area contributed by atoms with E-state index >= 15 is 0 Å². The molecule has 0 spiro atoms. The van der Waals surface area contributed by atoms with Crippen LogP contribution in [0.5, 0.6) is 0 Å². The number of halogens is 3. The van der Waals surface area contributed by atoms with Gasteiger partial charge < -0.3 is 5.11 Å². The van der Waals surface area contributed by atoms with Crippen molar-refractivity contribution < 1.29 is 18.3 Å². The molecule has 0 amide bonds. The number of allylic oxidation sites excluding steroid dienone is 1. The number of rotatable bonds is 2. The van der Waals surface area contributed by atoms with Crippen LogP contribution in [0.2, 0.25) is 0 Å². The molecule has 1 fully saturated rings. The van der Waals surface area contributed by atoms with E-state index in [-0.39, 0.29) is 0 Å². The Labute approximate surface area is 106 Å². The summed E-state index contributed by atoms with van der Waals surface area (Å²) in [5.74, 6) is -1.38. The molecule has 0 aromatic carbocycles. The second-order valence-corrected chi connectivity index (χ2v) is 5.62. The molecule has 2 rings (SSSR count). The van der Waals surface area contributed by atoms with Crippen LogP contribution in [0.25, 0.3) is 0 Å². The smallest absolute Gasteiger partial charge is 0.380 e. The molecule has 2 aliphatic carbocycles. The summed E-state index contributed by atoms with van der Waals surface area (Å²) in [6, 6.07) is 0. The Morgan fingerprint density at radius 3 is 2.11 bits per heavy atom. The Balaban J connectivity index is 2.26. The SMILES string of the molecule is O[C@](C1CCCCC1)([C@H]1C=CCCC1)C(F)(F)F. The zero-order valence-corrected chi connectivity index (χ0v) is 10.5. The second-order valence-electron chi connectivity index (χ2n) is 5.62. The largest absolute Gasteiger partial charge is 0.418 e. The lowest BCUT2D eigenvalue weighted by Crippen LogP contribution is -2.57. The van der Waals surface area contributed by atoms with Crippen LogP contribution in [0, 0.1) is 11.8 Å². The monoisotopic (exact) mass is 262 g/mol. The van der Waals surface area contributed by atoms with Gasteiger partial charge in [-0.3, -0.25) is 0 Å². The molecule has 0 unspecified atom stereocenters. The van der Waals surface area contributed by atoms with Gasteiger partial charge in [0.25, 0.3) is 0 Å². The summed E-state index contributed by atoms with van der Waals surface area (Å²) in [6.07, 6.45) is 4.47. The highest BCUT2D eigenvalue weighted by atomic mass is 19.4. The number of alkyl halides is 3. The zero-order valence-electron chi connectivity index (χ0n) is 10.5. The highest BCUT2D eigenvalue weighted by molar-refractivity contribution is 5.08. The van der Waals surface area contributed by atoms with Crippen molar-refractivity contribution in [2.45, 2.75) is 63.1 Å². The van der Waals surface area contributed by atoms with E-state index in [0.717, 1.165) is 32.1 Å². The van der Waals surface area contributed by atoms with Gasteiger partial charge in [0.05, 0.1) is 0 Å². The van der Waals surface area contributed by atoms with Crippen LogP contribution in [0.1, 0.15) is 51.4 Å². The van der Waals surface area contributed by atoms with E-state index in [1.54, 1.807) is 12.2 Å².